The van der Waals surface area contributed by atoms with E-state index in [4.69, 9.17) is 10.00 Å². The Kier molecular flexibility index (Phi) is 3.92. The minimum Gasteiger partial charge on any atom is -0.409 e. The molecular formula is C11H10N2O2. The Hall–Kier alpha value is -2.28. The quantitative estimate of drug-likeness (QED) is 0.760. The summed E-state index contributed by atoms with van der Waals surface area (Å²) in [5.41, 5.74) is 0.325. The lowest BCUT2D eigenvalue weighted by Crippen LogP contribution is -2.26. The van der Waals surface area contributed by atoms with E-state index < -0.39 is 6.09 Å². The van der Waals surface area contributed by atoms with Crippen LogP contribution in [0.25, 0.3) is 0 Å². The first-order chi connectivity index (χ1) is 7.27. The van der Waals surface area contributed by atoms with E-state index in [-0.39, 0.29) is 5.75 Å². The molecule has 0 radical (unpaired) electrons. The van der Waals surface area contributed by atoms with Gasteiger partial charge < -0.3 is 10.1 Å². The molecule has 0 unspecified atom stereocenters. The number of rotatable bonds is 3. The molecule has 1 amide bonds. The first-order valence-electron chi connectivity index (χ1n) is 4.33. The number of nitriles is 1. The van der Waals surface area contributed by atoms with Gasteiger partial charge in [0.15, 0.2) is 5.75 Å². The Labute approximate surface area is 87.8 Å². The molecule has 4 nitrogen and oxygen atoms in total. The van der Waals surface area contributed by atoms with Crippen molar-refractivity contribution in [1.29, 1.82) is 5.26 Å². The van der Waals surface area contributed by atoms with Gasteiger partial charge in [0, 0.05) is 6.54 Å². The van der Waals surface area contributed by atoms with Crippen LogP contribution in [0.4, 0.5) is 4.79 Å². The van der Waals surface area contributed by atoms with E-state index in [2.05, 4.69) is 11.9 Å². The van der Waals surface area contributed by atoms with Crippen LogP contribution in [0.15, 0.2) is 36.9 Å². The second-order valence-corrected chi connectivity index (χ2v) is 2.67. The highest BCUT2D eigenvalue weighted by Gasteiger charge is 2.06. The molecule has 1 aromatic carbocycles. The largest absolute Gasteiger partial charge is 0.412 e. The van der Waals surface area contributed by atoms with Crippen molar-refractivity contribution in [3.63, 3.8) is 0 Å². The Bertz CT molecular complexity index is 407. The predicted octanol–water partition coefficient (Wildman–Crippen LogP) is 1.83. The topological polar surface area (TPSA) is 62.1 Å². The molecule has 0 aliphatic carbocycles. The highest BCUT2D eigenvalue weighted by Crippen LogP contribution is 2.16. The summed E-state index contributed by atoms with van der Waals surface area (Å²) in [5.74, 6) is 0.251. The van der Waals surface area contributed by atoms with Crippen LogP contribution in [0.3, 0.4) is 0 Å². The molecule has 0 saturated heterocycles. The fourth-order valence-electron chi connectivity index (χ4n) is 0.939. The average molecular weight is 202 g/mol. The summed E-state index contributed by atoms with van der Waals surface area (Å²) >= 11 is 0. The van der Waals surface area contributed by atoms with Gasteiger partial charge in [-0.3, -0.25) is 0 Å². The minimum atomic E-state index is -0.599. The number of carbonyl (C=O) groups is 1. The van der Waals surface area contributed by atoms with Crippen molar-refractivity contribution in [3.05, 3.63) is 42.5 Å². The number of nitrogens with zero attached hydrogens (tertiary/aromatic N) is 1. The molecular weight excluding hydrogens is 192 g/mol. The van der Waals surface area contributed by atoms with Crippen LogP contribution in [0.5, 0.6) is 5.75 Å². The second kappa shape index (κ2) is 5.45. The molecule has 15 heavy (non-hydrogen) atoms. The van der Waals surface area contributed by atoms with Crippen LogP contribution < -0.4 is 10.1 Å². The van der Waals surface area contributed by atoms with E-state index >= 15 is 0 Å². The van der Waals surface area contributed by atoms with Gasteiger partial charge in [-0.2, -0.15) is 5.26 Å². The monoisotopic (exact) mass is 202 g/mol. The highest BCUT2D eigenvalue weighted by atomic mass is 16.6. The van der Waals surface area contributed by atoms with E-state index in [1.807, 2.05) is 6.07 Å². The SMILES string of the molecule is C=CCNC(=O)Oc1ccccc1C#N. The molecule has 0 saturated carbocycles. The molecule has 0 atom stereocenters. The summed E-state index contributed by atoms with van der Waals surface area (Å²) < 4.78 is 4.92. The van der Waals surface area contributed by atoms with Crippen LogP contribution in [-0.2, 0) is 0 Å². The number of hydrogen-bond acceptors (Lipinski definition) is 3. The van der Waals surface area contributed by atoms with E-state index in [0.29, 0.717) is 12.1 Å². The lowest BCUT2D eigenvalue weighted by atomic mass is 10.2. The maximum absolute atomic E-state index is 11.1. The molecule has 1 rings (SSSR count). The Morgan fingerprint density at radius 1 is 1.60 bits per heavy atom. The van der Waals surface area contributed by atoms with Gasteiger partial charge in [-0.1, -0.05) is 18.2 Å². The number of benzene rings is 1. The number of ether oxygens (including phenoxy) is 1. The van der Waals surface area contributed by atoms with Crippen molar-refractivity contribution in [1.82, 2.24) is 5.32 Å². The Morgan fingerprint density at radius 2 is 2.33 bits per heavy atom. The Morgan fingerprint density at radius 3 is 3.00 bits per heavy atom. The zero-order chi connectivity index (χ0) is 11.1. The summed E-state index contributed by atoms with van der Waals surface area (Å²) in [6.45, 7) is 3.78. The van der Waals surface area contributed by atoms with Gasteiger partial charge in [0.25, 0.3) is 0 Å². The van der Waals surface area contributed by atoms with Gasteiger partial charge in [0.2, 0.25) is 0 Å². The third-order valence-corrected chi connectivity index (χ3v) is 1.60. The van der Waals surface area contributed by atoms with Crippen LogP contribution in [0.1, 0.15) is 5.56 Å². The fraction of sp³-hybridized carbons (Fsp3) is 0.0909. The summed E-state index contributed by atoms with van der Waals surface area (Å²) in [6.07, 6.45) is 0.940. The number of nitrogens with one attached hydrogen (secondary N) is 1. The van der Waals surface area contributed by atoms with E-state index in [1.165, 1.54) is 6.08 Å². The molecule has 0 spiro atoms. The summed E-state index contributed by atoms with van der Waals surface area (Å²) in [6, 6.07) is 8.47. The van der Waals surface area contributed by atoms with Gasteiger partial charge in [-0.25, -0.2) is 4.79 Å². The maximum Gasteiger partial charge on any atom is 0.412 e. The summed E-state index contributed by atoms with van der Waals surface area (Å²) in [7, 11) is 0. The first-order valence-corrected chi connectivity index (χ1v) is 4.33. The number of amides is 1. The molecule has 0 heterocycles. The second-order valence-electron chi connectivity index (χ2n) is 2.67. The van der Waals surface area contributed by atoms with Gasteiger partial charge >= 0.3 is 6.09 Å². The number of para-hydroxylation sites is 1. The molecule has 0 fully saturated rings. The lowest BCUT2D eigenvalue weighted by molar-refractivity contribution is 0.201. The molecule has 0 aromatic heterocycles. The fourth-order valence-corrected chi connectivity index (χ4v) is 0.939. The molecule has 4 heteroatoms. The number of carbonyl (C=O) groups excluding carboxylic acids is 1. The molecule has 0 bridgehead atoms. The zero-order valence-electron chi connectivity index (χ0n) is 8.06. The van der Waals surface area contributed by atoms with Gasteiger partial charge in [-0.15, -0.1) is 6.58 Å². The van der Waals surface area contributed by atoms with Crippen LogP contribution in [-0.4, -0.2) is 12.6 Å². The smallest absolute Gasteiger partial charge is 0.409 e. The first kappa shape index (κ1) is 10.8. The van der Waals surface area contributed by atoms with Crippen LogP contribution in [0.2, 0.25) is 0 Å². The molecule has 0 aliphatic heterocycles. The highest BCUT2D eigenvalue weighted by molar-refractivity contribution is 5.71. The summed E-state index contributed by atoms with van der Waals surface area (Å²) in [5, 5.41) is 11.2. The zero-order valence-corrected chi connectivity index (χ0v) is 8.06. The van der Waals surface area contributed by atoms with Crippen LogP contribution >= 0.6 is 0 Å². The third-order valence-electron chi connectivity index (χ3n) is 1.60. The molecule has 0 aliphatic rings. The van der Waals surface area contributed by atoms with Crippen molar-refractivity contribution in [2.45, 2.75) is 0 Å². The normalized spacial score (nSPS) is 8.73. The predicted molar refractivity (Wildman–Crippen MR) is 55.4 cm³/mol. The average Bonchev–Trinajstić information content (AvgIpc) is 2.27. The van der Waals surface area contributed by atoms with E-state index in [9.17, 15) is 4.79 Å². The van der Waals surface area contributed by atoms with E-state index in [1.54, 1.807) is 24.3 Å². The summed E-state index contributed by atoms with van der Waals surface area (Å²) in [4.78, 5) is 11.1. The van der Waals surface area contributed by atoms with Crippen molar-refractivity contribution < 1.29 is 9.53 Å². The number of hydrogen-bond donors (Lipinski definition) is 1. The third kappa shape index (κ3) is 3.16. The van der Waals surface area contributed by atoms with E-state index in [0.717, 1.165) is 0 Å². The lowest BCUT2D eigenvalue weighted by Gasteiger charge is -2.05. The molecule has 1 N–H and O–H groups in total. The Balaban J connectivity index is 2.68. The van der Waals surface area contributed by atoms with Crippen LogP contribution in [0, 0.1) is 11.3 Å². The molecule has 76 valence electrons. The maximum atomic E-state index is 11.1. The van der Waals surface area contributed by atoms with Gasteiger partial charge in [-0.05, 0) is 12.1 Å². The minimum absolute atomic E-state index is 0.251. The van der Waals surface area contributed by atoms with Gasteiger partial charge in [0.1, 0.15) is 6.07 Å². The van der Waals surface area contributed by atoms with Gasteiger partial charge in [0.05, 0.1) is 5.56 Å². The van der Waals surface area contributed by atoms with Crippen molar-refractivity contribution in [2.75, 3.05) is 6.54 Å². The van der Waals surface area contributed by atoms with Crippen molar-refractivity contribution in [2.24, 2.45) is 0 Å². The standard InChI is InChI=1S/C11H10N2O2/c1-2-7-13-11(14)15-10-6-4-3-5-9(10)8-12/h2-6H,1,7H2,(H,13,14). The van der Waals surface area contributed by atoms with Crippen molar-refractivity contribution >= 4 is 6.09 Å². The molecule has 1 aromatic rings. The van der Waals surface area contributed by atoms with Crippen molar-refractivity contribution in [3.8, 4) is 11.8 Å².